The molecule has 150 valence electrons. The smallest absolute Gasteiger partial charge is 0.276 e. The number of ether oxygens (including phenoxy) is 2. The molecule has 8 heteroatoms. The second kappa shape index (κ2) is 10.8. The molecule has 0 aromatic heterocycles. The molecule has 2 amide bonds. The average Bonchev–Trinajstić information content (AvgIpc) is 2.62. The summed E-state index contributed by atoms with van der Waals surface area (Å²) in [4.78, 5) is 23.5. The molecule has 0 aliphatic carbocycles. The number of carbonyl (C=O) groups is 2. The largest absolute Gasteiger partial charge is 0.492 e. The Balaban J connectivity index is 1.61. The first kappa shape index (κ1) is 21.9. The van der Waals surface area contributed by atoms with Crippen LogP contribution in [0.15, 0.2) is 36.4 Å². The molecular formula is C20H22Cl2N2O4. The van der Waals surface area contributed by atoms with E-state index in [0.29, 0.717) is 34.6 Å². The van der Waals surface area contributed by atoms with E-state index in [4.69, 9.17) is 32.7 Å². The topological polar surface area (TPSA) is 76.7 Å². The lowest BCUT2D eigenvalue weighted by Gasteiger charge is -2.10. The van der Waals surface area contributed by atoms with Crippen molar-refractivity contribution in [1.82, 2.24) is 10.9 Å². The van der Waals surface area contributed by atoms with Crippen molar-refractivity contribution in [3.8, 4) is 11.5 Å². The summed E-state index contributed by atoms with van der Waals surface area (Å²) in [7, 11) is 0. The predicted octanol–water partition coefficient (Wildman–Crippen LogP) is 4.00. The summed E-state index contributed by atoms with van der Waals surface area (Å²) in [5, 5.41) is 0.932. The van der Waals surface area contributed by atoms with E-state index in [9.17, 15) is 9.59 Å². The number of hydrogen-bond acceptors (Lipinski definition) is 4. The number of hydrazine groups is 1. The first-order valence-electron chi connectivity index (χ1n) is 8.70. The summed E-state index contributed by atoms with van der Waals surface area (Å²) in [6.45, 7) is 4.01. The van der Waals surface area contributed by atoms with E-state index < -0.39 is 5.91 Å². The number of amides is 2. The molecule has 2 rings (SSSR count). The molecule has 0 saturated carbocycles. The van der Waals surface area contributed by atoms with Crippen LogP contribution in [-0.4, -0.2) is 25.0 Å². The lowest BCUT2D eigenvalue weighted by Crippen LogP contribution is -2.43. The van der Waals surface area contributed by atoms with Gasteiger partial charge in [-0.15, -0.1) is 0 Å². The Kier molecular flexibility index (Phi) is 8.42. The molecule has 0 fully saturated rings. The first-order chi connectivity index (χ1) is 13.3. The lowest BCUT2D eigenvalue weighted by molar-refractivity contribution is -0.130. The van der Waals surface area contributed by atoms with Gasteiger partial charge in [-0.2, -0.15) is 0 Å². The van der Waals surface area contributed by atoms with Gasteiger partial charge >= 0.3 is 0 Å². The van der Waals surface area contributed by atoms with Crippen molar-refractivity contribution in [2.75, 3.05) is 13.2 Å². The van der Waals surface area contributed by atoms with Crippen molar-refractivity contribution in [3.05, 3.63) is 57.6 Å². The fraction of sp³-hybridized carbons (Fsp3) is 0.300. The molecule has 0 heterocycles. The van der Waals surface area contributed by atoms with Gasteiger partial charge in [0.25, 0.3) is 5.91 Å². The molecule has 0 unspecified atom stereocenters. The van der Waals surface area contributed by atoms with Gasteiger partial charge in [-0.25, -0.2) is 0 Å². The number of benzene rings is 2. The molecule has 2 aromatic rings. The van der Waals surface area contributed by atoms with Crippen molar-refractivity contribution in [3.63, 3.8) is 0 Å². The minimum absolute atomic E-state index is 0.184. The van der Waals surface area contributed by atoms with E-state index in [1.807, 2.05) is 32.0 Å². The highest BCUT2D eigenvalue weighted by molar-refractivity contribution is 6.35. The van der Waals surface area contributed by atoms with E-state index >= 15 is 0 Å². The van der Waals surface area contributed by atoms with Gasteiger partial charge in [-0.1, -0.05) is 29.3 Å². The van der Waals surface area contributed by atoms with Crippen LogP contribution in [0.2, 0.25) is 10.0 Å². The van der Waals surface area contributed by atoms with Crippen LogP contribution in [0.4, 0.5) is 0 Å². The summed E-state index contributed by atoms with van der Waals surface area (Å²) in [6.07, 6.45) is 0.642. The van der Waals surface area contributed by atoms with Crippen LogP contribution in [0.3, 0.4) is 0 Å². The van der Waals surface area contributed by atoms with Crippen molar-refractivity contribution in [2.45, 2.75) is 26.7 Å². The molecule has 0 radical (unpaired) electrons. The Morgan fingerprint density at radius 1 is 0.929 bits per heavy atom. The minimum Gasteiger partial charge on any atom is -0.492 e. The van der Waals surface area contributed by atoms with Gasteiger partial charge in [-0.05, 0) is 61.7 Å². The van der Waals surface area contributed by atoms with Crippen LogP contribution < -0.4 is 20.3 Å². The van der Waals surface area contributed by atoms with Gasteiger partial charge in [-0.3, -0.25) is 20.4 Å². The van der Waals surface area contributed by atoms with Crippen LogP contribution in [-0.2, 0) is 9.59 Å². The molecule has 0 atom stereocenters. The number of hydrogen-bond donors (Lipinski definition) is 2. The molecule has 0 bridgehead atoms. The van der Waals surface area contributed by atoms with Crippen LogP contribution in [0, 0.1) is 13.8 Å². The van der Waals surface area contributed by atoms with Gasteiger partial charge in [0.1, 0.15) is 11.5 Å². The van der Waals surface area contributed by atoms with Crippen LogP contribution >= 0.6 is 23.2 Å². The van der Waals surface area contributed by atoms with Crippen molar-refractivity contribution in [2.24, 2.45) is 0 Å². The second-order valence-electron chi connectivity index (χ2n) is 6.24. The molecule has 0 aliphatic heterocycles. The molecule has 0 saturated heterocycles. The van der Waals surface area contributed by atoms with Crippen molar-refractivity contribution >= 4 is 35.0 Å². The summed E-state index contributed by atoms with van der Waals surface area (Å²) < 4.78 is 10.9. The maximum Gasteiger partial charge on any atom is 0.276 e. The lowest BCUT2D eigenvalue weighted by atomic mass is 10.1. The van der Waals surface area contributed by atoms with Crippen molar-refractivity contribution < 1.29 is 19.1 Å². The van der Waals surface area contributed by atoms with E-state index in [-0.39, 0.29) is 18.9 Å². The third kappa shape index (κ3) is 7.66. The quantitative estimate of drug-likeness (QED) is 0.495. The van der Waals surface area contributed by atoms with Crippen LogP contribution in [0.5, 0.6) is 11.5 Å². The van der Waals surface area contributed by atoms with Gasteiger partial charge in [0.05, 0.1) is 11.6 Å². The molecular weight excluding hydrogens is 403 g/mol. The van der Waals surface area contributed by atoms with Crippen LogP contribution in [0.25, 0.3) is 0 Å². The maximum atomic E-state index is 11.8. The number of rotatable bonds is 8. The zero-order chi connectivity index (χ0) is 20.5. The monoisotopic (exact) mass is 424 g/mol. The standard InChI is InChI=1S/C20H22Cl2N2O4/c1-13-8-14(2)10-16(9-13)28-12-20(26)24-23-19(25)4-3-7-27-18-6-5-15(21)11-17(18)22/h5-6,8-11H,3-4,7,12H2,1-2H3,(H,23,25)(H,24,26). The highest BCUT2D eigenvalue weighted by Gasteiger charge is 2.07. The van der Waals surface area contributed by atoms with Gasteiger partial charge in [0, 0.05) is 11.4 Å². The Labute approximate surface area is 174 Å². The summed E-state index contributed by atoms with van der Waals surface area (Å²) in [5.41, 5.74) is 6.75. The summed E-state index contributed by atoms with van der Waals surface area (Å²) in [6, 6.07) is 10.6. The molecule has 2 N–H and O–H groups in total. The normalized spacial score (nSPS) is 10.3. The third-order valence-electron chi connectivity index (χ3n) is 3.61. The number of aryl methyl sites for hydroxylation is 2. The highest BCUT2D eigenvalue weighted by Crippen LogP contribution is 2.27. The highest BCUT2D eigenvalue weighted by atomic mass is 35.5. The third-order valence-corrected chi connectivity index (χ3v) is 4.14. The minimum atomic E-state index is -0.447. The van der Waals surface area contributed by atoms with E-state index in [0.717, 1.165) is 11.1 Å². The molecule has 6 nitrogen and oxygen atoms in total. The molecule has 28 heavy (non-hydrogen) atoms. The Morgan fingerprint density at radius 3 is 2.29 bits per heavy atom. The fourth-order valence-electron chi connectivity index (χ4n) is 2.41. The van der Waals surface area contributed by atoms with E-state index in [1.165, 1.54) is 0 Å². The average molecular weight is 425 g/mol. The zero-order valence-corrected chi connectivity index (χ0v) is 17.2. The van der Waals surface area contributed by atoms with Gasteiger partial charge < -0.3 is 9.47 Å². The van der Waals surface area contributed by atoms with Gasteiger partial charge in [0.15, 0.2) is 6.61 Å². The zero-order valence-electron chi connectivity index (χ0n) is 15.7. The summed E-state index contributed by atoms with van der Waals surface area (Å²) in [5.74, 6) is 0.336. The van der Waals surface area contributed by atoms with Crippen molar-refractivity contribution in [1.29, 1.82) is 0 Å². The van der Waals surface area contributed by atoms with E-state index in [2.05, 4.69) is 10.9 Å². The summed E-state index contributed by atoms with van der Waals surface area (Å²) >= 11 is 11.8. The Hall–Kier alpha value is -2.44. The molecule has 0 aliphatic rings. The Bertz CT molecular complexity index is 823. The van der Waals surface area contributed by atoms with Gasteiger partial charge in [0.2, 0.25) is 5.91 Å². The van der Waals surface area contributed by atoms with Crippen LogP contribution in [0.1, 0.15) is 24.0 Å². The molecule has 0 spiro atoms. The number of nitrogens with one attached hydrogen (secondary N) is 2. The second-order valence-corrected chi connectivity index (χ2v) is 7.08. The predicted molar refractivity (Wildman–Crippen MR) is 109 cm³/mol. The first-order valence-corrected chi connectivity index (χ1v) is 9.45. The molecule has 2 aromatic carbocycles. The maximum absolute atomic E-state index is 11.8. The number of carbonyl (C=O) groups excluding carboxylic acids is 2. The Morgan fingerprint density at radius 2 is 1.61 bits per heavy atom. The fourth-order valence-corrected chi connectivity index (χ4v) is 2.87. The number of halogens is 2. The van der Waals surface area contributed by atoms with E-state index in [1.54, 1.807) is 18.2 Å². The SMILES string of the molecule is Cc1cc(C)cc(OCC(=O)NNC(=O)CCCOc2ccc(Cl)cc2Cl)c1.